The third-order valence-electron chi connectivity index (χ3n) is 4.55. The fourth-order valence-corrected chi connectivity index (χ4v) is 4.29. The molecule has 0 radical (unpaired) electrons. The molecule has 0 atom stereocenters. The molecule has 3 N–H and O–H groups in total. The summed E-state index contributed by atoms with van der Waals surface area (Å²) < 4.78 is 29.4. The molecular formula is C20H15N5O3S. The standard InChI is InChI=1S/C20H15N5O3S/c26-20-18(19-22-17-8-4-5-11-25(17)23-19)15-12-13(9-10-16(15)21-20)24-29(27,28)14-6-2-1-3-7-14/h1-12,21,24,26H. The molecule has 0 aliphatic heterocycles. The molecule has 0 unspecified atom stereocenters. The van der Waals surface area contributed by atoms with Crippen molar-refractivity contribution < 1.29 is 13.5 Å². The van der Waals surface area contributed by atoms with Gasteiger partial charge in [0.2, 0.25) is 5.88 Å². The first-order valence-corrected chi connectivity index (χ1v) is 10.2. The van der Waals surface area contributed by atoms with Gasteiger partial charge in [-0.2, -0.15) is 0 Å². The Kier molecular flexibility index (Phi) is 3.78. The van der Waals surface area contributed by atoms with Gasteiger partial charge in [0, 0.05) is 22.8 Å². The van der Waals surface area contributed by atoms with Crippen LogP contribution in [-0.2, 0) is 10.0 Å². The Labute approximate surface area is 165 Å². The normalized spacial score (nSPS) is 11.9. The first-order chi connectivity index (χ1) is 14.0. The average molecular weight is 405 g/mol. The van der Waals surface area contributed by atoms with E-state index >= 15 is 0 Å². The summed E-state index contributed by atoms with van der Waals surface area (Å²) in [5, 5.41) is 15.4. The summed E-state index contributed by atoms with van der Waals surface area (Å²) in [7, 11) is -3.73. The zero-order valence-corrected chi connectivity index (χ0v) is 15.8. The van der Waals surface area contributed by atoms with Gasteiger partial charge in [0.05, 0.1) is 10.5 Å². The molecule has 0 fully saturated rings. The highest BCUT2D eigenvalue weighted by molar-refractivity contribution is 7.92. The fourth-order valence-electron chi connectivity index (χ4n) is 3.22. The average Bonchev–Trinajstić information content (AvgIpc) is 3.27. The van der Waals surface area contributed by atoms with Crippen molar-refractivity contribution in [3.8, 4) is 17.3 Å². The number of sulfonamides is 1. The number of nitrogens with zero attached hydrogens (tertiary/aromatic N) is 3. The molecule has 0 spiro atoms. The number of anilines is 1. The van der Waals surface area contributed by atoms with E-state index in [1.165, 1.54) is 12.1 Å². The first-order valence-electron chi connectivity index (χ1n) is 8.76. The van der Waals surface area contributed by atoms with Crippen molar-refractivity contribution in [1.29, 1.82) is 0 Å². The van der Waals surface area contributed by atoms with Crippen molar-refractivity contribution in [2.24, 2.45) is 0 Å². The van der Waals surface area contributed by atoms with E-state index in [1.807, 2.05) is 18.2 Å². The van der Waals surface area contributed by atoms with E-state index in [-0.39, 0.29) is 10.8 Å². The van der Waals surface area contributed by atoms with Crippen molar-refractivity contribution in [3.63, 3.8) is 0 Å². The van der Waals surface area contributed by atoms with Crippen LogP contribution in [0.25, 0.3) is 27.9 Å². The number of hydrogen-bond acceptors (Lipinski definition) is 5. The van der Waals surface area contributed by atoms with Crippen LogP contribution < -0.4 is 4.72 Å². The van der Waals surface area contributed by atoms with Crippen LogP contribution in [0.5, 0.6) is 5.88 Å². The van der Waals surface area contributed by atoms with Crippen LogP contribution in [0, 0.1) is 0 Å². The summed E-state index contributed by atoms with van der Waals surface area (Å²) in [6, 6.07) is 18.6. The summed E-state index contributed by atoms with van der Waals surface area (Å²) in [5.41, 5.74) is 2.05. The Morgan fingerprint density at radius 2 is 1.79 bits per heavy atom. The largest absolute Gasteiger partial charge is 0.494 e. The van der Waals surface area contributed by atoms with E-state index in [9.17, 15) is 13.5 Å². The van der Waals surface area contributed by atoms with Crippen LogP contribution in [-0.4, -0.2) is 33.1 Å². The number of aromatic amines is 1. The highest BCUT2D eigenvalue weighted by atomic mass is 32.2. The van der Waals surface area contributed by atoms with E-state index in [0.29, 0.717) is 33.6 Å². The molecule has 0 saturated heterocycles. The van der Waals surface area contributed by atoms with Crippen molar-refractivity contribution >= 4 is 32.3 Å². The summed E-state index contributed by atoms with van der Waals surface area (Å²) >= 11 is 0. The predicted octanol–water partition coefficient (Wildman–Crippen LogP) is 3.38. The maximum Gasteiger partial charge on any atom is 0.261 e. The molecule has 5 aromatic rings. The first kappa shape index (κ1) is 17.3. The predicted molar refractivity (Wildman–Crippen MR) is 109 cm³/mol. The lowest BCUT2D eigenvalue weighted by Crippen LogP contribution is -2.12. The minimum absolute atomic E-state index is 0.0843. The molecule has 3 heterocycles. The Morgan fingerprint density at radius 3 is 2.59 bits per heavy atom. The Balaban J connectivity index is 1.61. The zero-order valence-electron chi connectivity index (χ0n) is 14.9. The van der Waals surface area contributed by atoms with Gasteiger partial charge in [-0.25, -0.2) is 17.9 Å². The van der Waals surface area contributed by atoms with Gasteiger partial charge in [0.15, 0.2) is 11.5 Å². The lowest BCUT2D eigenvalue weighted by molar-refractivity contribution is 0.460. The smallest absolute Gasteiger partial charge is 0.261 e. The van der Waals surface area contributed by atoms with Gasteiger partial charge < -0.3 is 10.1 Å². The molecule has 0 saturated carbocycles. The summed E-state index contributed by atoms with van der Waals surface area (Å²) in [6.07, 6.45) is 1.76. The maximum absolute atomic E-state index is 12.6. The number of aromatic hydroxyl groups is 1. The van der Waals surface area contributed by atoms with Crippen molar-refractivity contribution in [2.45, 2.75) is 4.90 Å². The monoisotopic (exact) mass is 405 g/mol. The van der Waals surface area contributed by atoms with Crippen LogP contribution in [0.4, 0.5) is 5.69 Å². The molecule has 0 bridgehead atoms. The Morgan fingerprint density at radius 1 is 1.00 bits per heavy atom. The molecule has 0 aliphatic carbocycles. The zero-order chi connectivity index (χ0) is 20.0. The number of hydrogen-bond donors (Lipinski definition) is 3. The number of H-pyrrole nitrogens is 1. The number of fused-ring (bicyclic) bond motifs is 2. The number of aromatic nitrogens is 4. The number of benzene rings is 2. The molecule has 29 heavy (non-hydrogen) atoms. The minimum Gasteiger partial charge on any atom is -0.494 e. The third kappa shape index (κ3) is 2.97. The van der Waals surface area contributed by atoms with Crippen LogP contribution in [0.3, 0.4) is 0 Å². The Bertz CT molecular complexity index is 1420. The highest BCUT2D eigenvalue weighted by Gasteiger charge is 2.19. The number of rotatable bonds is 4. The third-order valence-corrected chi connectivity index (χ3v) is 5.95. The molecule has 9 heteroatoms. The number of nitrogens with one attached hydrogen (secondary N) is 2. The van der Waals surface area contributed by atoms with Crippen molar-refractivity contribution in [2.75, 3.05) is 4.72 Å². The van der Waals surface area contributed by atoms with E-state index in [0.717, 1.165) is 0 Å². The Hall–Kier alpha value is -3.85. The lowest BCUT2D eigenvalue weighted by atomic mass is 10.1. The van der Waals surface area contributed by atoms with Crippen molar-refractivity contribution in [1.82, 2.24) is 19.6 Å². The molecule has 2 aromatic carbocycles. The molecule has 3 aromatic heterocycles. The van der Waals surface area contributed by atoms with Gasteiger partial charge in [0.1, 0.15) is 0 Å². The topological polar surface area (TPSA) is 112 Å². The van der Waals surface area contributed by atoms with Crippen molar-refractivity contribution in [3.05, 3.63) is 72.9 Å². The maximum atomic E-state index is 12.6. The lowest BCUT2D eigenvalue weighted by Gasteiger charge is -2.08. The molecule has 5 rings (SSSR count). The summed E-state index contributed by atoms with van der Waals surface area (Å²) in [5.74, 6) is 0.252. The van der Waals surface area contributed by atoms with Gasteiger partial charge in [-0.05, 0) is 42.5 Å². The van der Waals surface area contributed by atoms with Gasteiger partial charge in [-0.15, -0.1) is 5.10 Å². The molecule has 8 nitrogen and oxygen atoms in total. The van der Waals surface area contributed by atoms with Crippen LogP contribution in [0.2, 0.25) is 0 Å². The molecule has 0 aliphatic rings. The second-order valence-electron chi connectivity index (χ2n) is 6.47. The SMILES string of the molecule is O=S(=O)(Nc1ccc2[nH]c(O)c(-c3nc4ccccn4n3)c2c1)c1ccccc1. The quantitative estimate of drug-likeness (QED) is 0.424. The number of pyridine rings is 1. The van der Waals surface area contributed by atoms with E-state index in [1.54, 1.807) is 47.1 Å². The second-order valence-corrected chi connectivity index (χ2v) is 8.15. The van der Waals surface area contributed by atoms with E-state index in [4.69, 9.17) is 0 Å². The summed E-state index contributed by atoms with van der Waals surface area (Å²) in [4.78, 5) is 7.50. The molecular weight excluding hydrogens is 390 g/mol. The summed E-state index contributed by atoms with van der Waals surface area (Å²) in [6.45, 7) is 0. The van der Waals surface area contributed by atoms with Gasteiger partial charge >= 0.3 is 0 Å². The fraction of sp³-hybridized carbons (Fsp3) is 0. The molecule has 0 amide bonds. The highest BCUT2D eigenvalue weighted by Crippen LogP contribution is 2.36. The van der Waals surface area contributed by atoms with Crippen LogP contribution in [0.15, 0.2) is 77.8 Å². The van der Waals surface area contributed by atoms with Crippen LogP contribution >= 0.6 is 0 Å². The van der Waals surface area contributed by atoms with Gasteiger partial charge in [-0.1, -0.05) is 24.3 Å². The van der Waals surface area contributed by atoms with E-state index < -0.39 is 10.0 Å². The minimum atomic E-state index is -3.73. The van der Waals surface area contributed by atoms with Crippen LogP contribution in [0.1, 0.15) is 0 Å². The van der Waals surface area contributed by atoms with E-state index in [2.05, 4.69) is 19.8 Å². The molecule has 144 valence electrons. The second kappa shape index (κ2) is 6.35. The van der Waals surface area contributed by atoms with Gasteiger partial charge in [-0.3, -0.25) is 4.72 Å². The van der Waals surface area contributed by atoms with Gasteiger partial charge in [0.25, 0.3) is 10.0 Å².